The Kier molecular flexibility index (Phi) is 4.52. The molecule has 3 aromatic rings. The van der Waals surface area contributed by atoms with Crippen molar-refractivity contribution in [1.82, 2.24) is 24.8 Å². The predicted molar refractivity (Wildman–Crippen MR) is 87.7 cm³/mol. The summed E-state index contributed by atoms with van der Waals surface area (Å²) in [4.78, 5) is 14.4. The molecule has 6 nitrogen and oxygen atoms in total. The molecule has 0 saturated carbocycles. The zero-order chi connectivity index (χ0) is 17.1. The molecule has 0 radical (unpaired) electrons. The Labute approximate surface area is 138 Å². The highest BCUT2D eigenvalue weighted by molar-refractivity contribution is 5.83. The number of hydrogen-bond donors (Lipinski definition) is 1. The molecule has 1 atom stereocenters. The zero-order valence-electron chi connectivity index (χ0n) is 13.5. The molecule has 0 aliphatic rings. The van der Waals surface area contributed by atoms with Crippen LogP contribution in [0, 0.1) is 5.82 Å². The fraction of sp³-hybridized carbons (Fsp3) is 0.235. The number of halogens is 1. The number of amides is 1. The van der Waals surface area contributed by atoms with Gasteiger partial charge < -0.3 is 5.32 Å². The molecular weight excluding hydrogens is 309 g/mol. The highest BCUT2D eigenvalue weighted by atomic mass is 19.1. The minimum Gasteiger partial charge on any atom is -0.347 e. The molecule has 0 bridgehead atoms. The molecule has 2 aromatic heterocycles. The molecule has 0 saturated heterocycles. The minimum absolute atomic E-state index is 0.181. The van der Waals surface area contributed by atoms with Crippen LogP contribution in [0.15, 0.2) is 48.7 Å². The second-order valence-electron chi connectivity index (χ2n) is 5.68. The molecule has 24 heavy (non-hydrogen) atoms. The van der Waals surface area contributed by atoms with E-state index >= 15 is 0 Å². The third-order valence-corrected chi connectivity index (χ3v) is 3.76. The highest BCUT2D eigenvalue weighted by Crippen LogP contribution is 2.19. The Morgan fingerprint density at radius 2 is 1.96 bits per heavy atom. The molecular formula is C17H18FN5O. The molecule has 124 valence electrons. The summed E-state index contributed by atoms with van der Waals surface area (Å²) in [5.41, 5.74) is 1.45. The van der Waals surface area contributed by atoms with Crippen LogP contribution in [0.1, 0.15) is 17.4 Å². The van der Waals surface area contributed by atoms with Crippen LogP contribution < -0.4 is 5.32 Å². The van der Waals surface area contributed by atoms with E-state index in [1.165, 1.54) is 12.1 Å². The SMILES string of the molecule is CN(C)C(C(=O)NCc1nnc2ccccn12)c1ccc(F)cc1. The van der Waals surface area contributed by atoms with Gasteiger partial charge >= 0.3 is 0 Å². The Balaban J connectivity index is 1.75. The van der Waals surface area contributed by atoms with Gasteiger partial charge in [0.2, 0.25) is 5.91 Å². The van der Waals surface area contributed by atoms with Gasteiger partial charge in [0.05, 0.1) is 6.54 Å². The monoisotopic (exact) mass is 327 g/mol. The van der Waals surface area contributed by atoms with Gasteiger partial charge in [-0.25, -0.2) is 4.39 Å². The normalized spacial score (nSPS) is 12.5. The lowest BCUT2D eigenvalue weighted by atomic mass is 10.1. The number of pyridine rings is 1. The van der Waals surface area contributed by atoms with Crippen LogP contribution >= 0.6 is 0 Å². The van der Waals surface area contributed by atoms with Crippen LogP contribution in [0.2, 0.25) is 0 Å². The molecule has 2 heterocycles. The van der Waals surface area contributed by atoms with Crippen molar-refractivity contribution < 1.29 is 9.18 Å². The lowest BCUT2D eigenvalue weighted by Gasteiger charge is -2.23. The number of carbonyl (C=O) groups is 1. The summed E-state index contributed by atoms with van der Waals surface area (Å²) in [5.74, 6) is 0.140. The summed E-state index contributed by atoms with van der Waals surface area (Å²) in [6, 6.07) is 11.0. The van der Waals surface area contributed by atoms with Crippen LogP contribution in [-0.2, 0) is 11.3 Å². The van der Waals surface area contributed by atoms with Crippen molar-refractivity contribution in [2.45, 2.75) is 12.6 Å². The molecule has 0 aliphatic carbocycles. The van der Waals surface area contributed by atoms with Crippen LogP contribution in [0.4, 0.5) is 4.39 Å². The topological polar surface area (TPSA) is 62.5 Å². The third-order valence-electron chi connectivity index (χ3n) is 3.76. The van der Waals surface area contributed by atoms with Crippen LogP contribution in [0.5, 0.6) is 0 Å². The van der Waals surface area contributed by atoms with Gasteiger partial charge in [-0.3, -0.25) is 14.1 Å². The average molecular weight is 327 g/mol. The number of nitrogens with zero attached hydrogens (tertiary/aromatic N) is 4. The van der Waals surface area contributed by atoms with E-state index < -0.39 is 6.04 Å². The summed E-state index contributed by atoms with van der Waals surface area (Å²) < 4.78 is 14.9. The van der Waals surface area contributed by atoms with Crippen molar-refractivity contribution in [1.29, 1.82) is 0 Å². The van der Waals surface area contributed by atoms with Gasteiger partial charge in [-0.1, -0.05) is 18.2 Å². The number of fused-ring (bicyclic) bond motifs is 1. The minimum atomic E-state index is -0.509. The second kappa shape index (κ2) is 6.76. The summed E-state index contributed by atoms with van der Waals surface area (Å²) >= 11 is 0. The van der Waals surface area contributed by atoms with E-state index in [1.54, 1.807) is 31.1 Å². The molecule has 0 aliphatic heterocycles. The summed E-state index contributed by atoms with van der Waals surface area (Å²) in [5, 5.41) is 11.0. The van der Waals surface area contributed by atoms with Crippen LogP contribution in [-0.4, -0.2) is 39.5 Å². The molecule has 7 heteroatoms. The van der Waals surface area contributed by atoms with Crippen molar-refractivity contribution in [2.75, 3.05) is 14.1 Å². The van der Waals surface area contributed by atoms with Crippen molar-refractivity contribution in [3.05, 3.63) is 65.9 Å². The van der Waals surface area contributed by atoms with E-state index in [0.717, 1.165) is 11.2 Å². The van der Waals surface area contributed by atoms with Crippen LogP contribution in [0.3, 0.4) is 0 Å². The summed E-state index contributed by atoms with van der Waals surface area (Å²) in [6.07, 6.45) is 1.85. The van der Waals surface area contributed by atoms with Crippen LogP contribution in [0.25, 0.3) is 5.65 Å². The van der Waals surface area contributed by atoms with Crippen molar-refractivity contribution in [3.63, 3.8) is 0 Å². The summed E-state index contributed by atoms with van der Waals surface area (Å²) in [6.45, 7) is 0.259. The van der Waals surface area contributed by atoms with Crippen molar-refractivity contribution >= 4 is 11.6 Å². The first kappa shape index (κ1) is 16.1. The standard InChI is InChI=1S/C17H18FN5O/c1-22(2)16(12-6-8-13(18)9-7-12)17(24)19-11-15-21-20-14-5-3-4-10-23(14)15/h3-10,16H,11H2,1-2H3,(H,19,24). The smallest absolute Gasteiger partial charge is 0.242 e. The maximum Gasteiger partial charge on any atom is 0.242 e. The van der Waals surface area contributed by atoms with Gasteiger partial charge in [-0.05, 0) is 43.9 Å². The van der Waals surface area contributed by atoms with Gasteiger partial charge in [0.15, 0.2) is 11.5 Å². The number of hydrogen-bond acceptors (Lipinski definition) is 4. The fourth-order valence-corrected chi connectivity index (χ4v) is 2.60. The lowest BCUT2D eigenvalue weighted by Crippen LogP contribution is -2.37. The fourth-order valence-electron chi connectivity index (χ4n) is 2.60. The average Bonchev–Trinajstić information content (AvgIpc) is 2.98. The molecule has 1 N–H and O–H groups in total. The number of rotatable bonds is 5. The van der Waals surface area contributed by atoms with E-state index in [4.69, 9.17) is 0 Å². The first-order valence-electron chi connectivity index (χ1n) is 7.54. The van der Waals surface area contributed by atoms with E-state index in [2.05, 4.69) is 15.5 Å². The lowest BCUT2D eigenvalue weighted by molar-refractivity contribution is -0.126. The first-order chi connectivity index (χ1) is 11.6. The molecule has 1 unspecified atom stereocenters. The highest BCUT2D eigenvalue weighted by Gasteiger charge is 2.23. The molecule has 0 spiro atoms. The molecule has 1 amide bonds. The predicted octanol–water partition coefficient (Wildman–Crippen LogP) is 1.79. The van der Waals surface area contributed by atoms with E-state index in [-0.39, 0.29) is 18.3 Å². The zero-order valence-corrected chi connectivity index (χ0v) is 13.5. The van der Waals surface area contributed by atoms with Gasteiger partial charge in [0.1, 0.15) is 11.9 Å². The molecule has 3 rings (SSSR count). The Morgan fingerprint density at radius 3 is 2.67 bits per heavy atom. The van der Waals surface area contributed by atoms with E-state index in [9.17, 15) is 9.18 Å². The number of aromatic nitrogens is 3. The van der Waals surface area contributed by atoms with E-state index in [1.807, 2.05) is 28.8 Å². The van der Waals surface area contributed by atoms with Gasteiger partial charge in [-0.2, -0.15) is 0 Å². The quantitative estimate of drug-likeness (QED) is 0.776. The van der Waals surface area contributed by atoms with Crippen molar-refractivity contribution in [2.24, 2.45) is 0 Å². The maximum atomic E-state index is 13.1. The van der Waals surface area contributed by atoms with Crippen molar-refractivity contribution in [3.8, 4) is 0 Å². The van der Waals surface area contributed by atoms with Gasteiger partial charge in [0.25, 0.3) is 0 Å². The number of likely N-dealkylation sites (N-methyl/N-ethyl adjacent to an activating group) is 1. The number of carbonyl (C=O) groups excluding carboxylic acids is 1. The largest absolute Gasteiger partial charge is 0.347 e. The third kappa shape index (κ3) is 3.26. The summed E-state index contributed by atoms with van der Waals surface area (Å²) in [7, 11) is 3.61. The van der Waals surface area contributed by atoms with Gasteiger partial charge in [-0.15, -0.1) is 10.2 Å². The number of nitrogens with one attached hydrogen (secondary N) is 1. The Morgan fingerprint density at radius 1 is 1.21 bits per heavy atom. The van der Waals surface area contributed by atoms with Gasteiger partial charge in [0, 0.05) is 6.20 Å². The molecule has 1 aromatic carbocycles. The first-order valence-corrected chi connectivity index (χ1v) is 7.54. The second-order valence-corrected chi connectivity index (χ2v) is 5.68. The Hall–Kier alpha value is -2.80. The van der Waals surface area contributed by atoms with E-state index in [0.29, 0.717) is 5.82 Å². The molecule has 0 fully saturated rings. The number of benzene rings is 1. The maximum absolute atomic E-state index is 13.1. The Bertz CT molecular complexity index is 844.